The third-order valence-corrected chi connectivity index (χ3v) is 15.1. The zero-order valence-electron chi connectivity index (χ0n) is 37.4. The van der Waals surface area contributed by atoms with Crippen LogP contribution in [0.4, 0.5) is 17.1 Å². The van der Waals surface area contributed by atoms with Crippen molar-refractivity contribution in [3.05, 3.63) is 269 Å². The highest BCUT2D eigenvalue weighted by Crippen LogP contribution is 2.63. The molecule has 3 aliphatic rings. The minimum Gasteiger partial charge on any atom is -0.310 e. The number of nitrogens with zero attached hydrogens (tertiary/aromatic N) is 1. The number of anilines is 3. The van der Waals surface area contributed by atoms with Crippen LogP contribution in [0.3, 0.4) is 0 Å². The average Bonchev–Trinajstić information content (AvgIpc) is 3.93. The van der Waals surface area contributed by atoms with Gasteiger partial charge in [0.05, 0.1) is 11.1 Å². The van der Waals surface area contributed by atoms with Crippen molar-refractivity contribution in [3.63, 3.8) is 0 Å². The van der Waals surface area contributed by atoms with E-state index in [2.05, 4.69) is 256 Å². The molecule has 1 spiro atoms. The fourth-order valence-electron chi connectivity index (χ4n) is 12.0. The maximum atomic E-state index is 2.55. The molecule has 0 saturated carbocycles. The van der Waals surface area contributed by atoms with E-state index >= 15 is 0 Å². The SMILES string of the molecule is Cc1ccccc1-c1cc(-c2ccc(-c3ccccc3)cc2)ccc1N(c1ccc2c(c1)C(C)(C)c1ccccc1-2)c1ccc2c(c1)C1(c3ccccc3-c3ccccc31)c1ccccc1-2. The maximum Gasteiger partial charge on any atom is 0.0726 e. The van der Waals surface area contributed by atoms with E-state index in [-0.39, 0.29) is 5.41 Å². The van der Waals surface area contributed by atoms with E-state index in [0.717, 1.165) is 17.1 Å². The molecule has 0 radical (unpaired) electrons. The van der Waals surface area contributed by atoms with Gasteiger partial charge in [0.25, 0.3) is 0 Å². The molecule has 66 heavy (non-hydrogen) atoms. The van der Waals surface area contributed by atoms with E-state index in [1.807, 2.05) is 0 Å². The van der Waals surface area contributed by atoms with Gasteiger partial charge in [0.1, 0.15) is 0 Å². The first-order chi connectivity index (χ1) is 32.4. The monoisotopic (exact) mass is 841 g/mol. The quantitative estimate of drug-likeness (QED) is 0.161. The standard InChI is InChI=1S/C65H47N/c1-42-17-7-8-20-49(42)56-39-46(45-31-29-44(30-32-45)43-18-5-4-6-19-43)33-38-63(56)66(47-34-36-54-50-21-9-13-25-57(50)64(2,3)61(54)40-47)48-35-37-55-53-24-12-16-28-60(53)65(62(55)41-48)58-26-14-10-22-51(58)52-23-11-15-27-59(52)65/h4-41H,1-3H3. The molecule has 0 fully saturated rings. The van der Waals surface area contributed by atoms with E-state index in [1.54, 1.807) is 0 Å². The lowest BCUT2D eigenvalue weighted by atomic mass is 9.70. The van der Waals surface area contributed by atoms with Crippen molar-refractivity contribution in [1.82, 2.24) is 0 Å². The Labute approximate surface area is 388 Å². The van der Waals surface area contributed by atoms with E-state index < -0.39 is 5.41 Å². The van der Waals surface area contributed by atoms with E-state index in [4.69, 9.17) is 0 Å². The molecule has 0 aliphatic heterocycles. The van der Waals surface area contributed by atoms with Crippen LogP contribution in [0.2, 0.25) is 0 Å². The van der Waals surface area contributed by atoms with Crippen molar-refractivity contribution in [2.24, 2.45) is 0 Å². The van der Waals surface area contributed by atoms with Crippen molar-refractivity contribution in [1.29, 1.82) is 0 Å². The van der Waals surface area contributed by atoms with Crippen LogP contribution in [0.25, 0.3) is 66.8 Å². The summed E-state index contributed by atoms with van der Waals surface area (Å²) in [6.45, 7) is 7.01. The van der Waals surface area contributed by atoms with E-state index in [9.17, 15) is 0 Å². The van der Waals surface area contributed by atoms with Crippen LogP contribution in [0, 0.1) is 6.92 Å². The van der Waals surface area contributed by atoms with Crippen LogP contribution in [0.5, 0.6) is 0 Å². The molecule has 0 N–H and O–H groups in total. The van der Waals surface area contributed by atoms with Crippen LogP contribution in [-0.4, -0.2) is 0 Å². The molecule has 10 aromatic rings. The molecule has 312 valence electrons. The Morgan fingerprint density at radius 3 is 1.27 bits per heavy atom. The van der Waals surface area contributed by atoms with Gasteiger partial charge in [-0.3, -0.25) is 0 Å². The number of aryl methyl sites for hydroxylation is 1. The van der Waals surface area contributed by atoms with Gasteiger partial charge in [-0.15, -0.1) is 0 Å². The fraction of sp³-hybridized carbons (Fsp3) is 0.0769. The van der Waals surface area contributed by atoms with Gasteiger partial charge >= 0.3 is 0 Å². The number of hydrogen-bond acceptors (Lipinski definition) is 1. The summed E-state index contributed by atoms with van der Waals surface area (Å²) >= 11 is 0. The second-order valence-electron chi connectivity index (χ2n) is 18.8. The Morgan fingerprint density at radius 2 is 0.697 bits per heavy atom. The minimum atomic E-state index is -0.461. The normalized spacial score (nSPS) is 13.9. The molecule has 1 heteroatoms. The first-order valence-corrected chi connectivity index (χ1v) is 23.3. The number of hydrogen-bond donors (Lipinski definition) is 0. The maximum absolute atomic E-state index is 2.55. The molecule has 0 aromatic heterocycles. The molecule has 0 amide bonds. The lowest BCUT2D eigenvalue weighted by Gasteiger charge is -2.33. The molecular formula is C65H47N. The van der Waals surface area contributed by atoms with Gasteiger partial charge in [0, 0.05) is 22.4 Å². The van der Waals surface area contributed by atoms with Crippen molar-refractivity contribution < 1.29 is 0 Å². The summed E-state index contributed by atoms with van der Waals surface area (Å²) in [6.07, 6.45) is 0. The highest BCUT2D eigenvalue weighted by Gasteiger charge is 2.51. The Bertz CT molecular complexity index is 3510. The van der Waals surface area contributed by atoms with Crippen LogP contribution >= 0.6 is 0 Å². The van der Waals surface area contributed by atoms with Crippen LogP contribution in [0.1, 0.15) is 52.8 Å². The first-order valence-electron chi connectivity index (χ1n) is 23.3. The number of rotatable bonds is 6. The zero-order chi connectivity index (χ0) is 44.1. The summed E-state index contributed by atoms with van der Waals surface area (Å²) in [5.74, 6) is 0. The molecule has 0 unspecified atom stereocenters. The van der Waals surface area contributed by atoms with Gasteiger partial charge in [0.2, 0.25) is 0 Å². The molecule has 0 atom stereocenters. The highest BCUT2D eigenvalue weighted by molar-refractivity contribution is 5.98. The van der Waals surface area contributed by atoms with Gasteiger partial charge < -0.3 is 4.90 Å². The van der Waals surface area contributed by atoms with Gasteiger partial charge in [0.15, 0.2) is 0 Å². The van der Waals surface area contributed by atoms with E-state index in [1.165, 1.54) is 106 Å². The second kappa shape index (κ2) is 14.5. The molecule has 3 aliphatic carbocycles. The number of fused-ring (bicyclic) bond motifs is 13. The van der Waals surface area contributed by atoms with E-state index in [0.29, 0.717) is 0 Å². The molecule has 0 heterocycles. The largest absolute Gasteiger partial charge is 0.310 e. The molecule has 13 rings (SSSR count). The minimum absolute atomic E-state index is 0.164. The summed E-state index contributed by atoms with van der Waals surface area (Å²) in [5.41, 5.74) is 27.2. The summed E-state index contributed by atoms with van der Waals surface area (Å²) in [6, 6.07) is 86.4. The van der Waals surface area contributed by atoms with Gasteiger partial charge in [-0.2, -0.15) is 0 Å². The molecular weight excluding hydrogens is 795 g/mol. The Hall–Kier alpha value is -8.00. The molecule has 0 saturated heterocycles. The first kappa shape index (κ1) is 38.5. The predicted octanol–water partition coefficient (Wildman–Crippen LogP) is 17.1. The van der Waals surface area contributed by atoms with Gasteiger partial charge in [-0.1, -0.05) is 208 Å². The van der Waals surface area contributed by atoms with Crippen molar-refractivity contribution in [2.45, 2.75) is 31.6 Å². The van der Waals surface area contributed by atoms with Crippen molar-refractivity contribution in [3.8, 4) is 66.8 Å². The smallest absolute Gasteiger partial charge is 0.0726 e. The molecule has 1 nitrogen and oxygen atoms in total. The van der Waals surface area contributed by atoms with Crippen LogP contribution in [0.15, 0.2) is 231 Å². The highest BCUT2D eigenvalue weighted by atomic mass is 15.1. The van der Waals surface area contributed by atoms with Gasteiger partial charge in [-0.05, 0) is 143 Å². The Morgan fingerprint density at radius 1 is 0.288 bits per heavy atom. The second-order valence-corrected chi connectivity index (χ2v) is 18.8. The lowest BCUT2D eigenvalue weighted by Crippen LogP contribution is -2.26. The summed E-state index contributed by atoms with van der Waals surface area (Å²) in [5, 5.41) is 0. The molecule has 10 aromatic carbocycles. The topological polar surface area (TPSA) is 3.24 Å². The fourth-order valence-corrected chi connectivity index (χ4v) is 12.0. The van der Waals surface area contributed by atoms with Crippen LogP contribution < -0.4 is 4.90 Å². The van der Waals surface area contributed by atoms with Crippen molar-refractivity contribution in [2.75, 3.05) is 4.90 Å². The Balaban J connectivity index is 1.07. The predicted molar refractivity (Wildman–Crippen MR) is 276 cm³/mol. The third kappa shape index (κ3) is 5.47. The third-order valence-electron chi connectivity index (χ3n) is 15.1. The number of benzene rings is 10. The molecule has 0 bridgehead atoms. The summed E-state index contributed by atoms with van der Waals surface area (Å²) < 4.78 is 0. The van der Waals surface area contributed by atoms with Crippen LogP contribution in [-0.2, 0) is 10.8 Å². The lowest BCUT2D eigenvalue weighted by molar-refractivity contribution is 0.660. The van der Waals surface area contributed by atoms with Gasteiger partial charge in [-0.25, -0.2) is 0 Å². The zero-order valence-corrected chi connectivity index (χ0v) is 37.4. The van der Waals surface area contributed by atoms with Crippen molar-refractivity contribution >= 4 is 17.1 Å². The average molecular weight is 842 g/mol. The summed E-state index contributed by atoms with van der Waals surface area (Å²) in [4.78, 5) is 2.55. The Kier molecular flexibility index (Phi) is 8.45. The summed E-state index contributed by atoms with van der Waals surface area (Å²) in [7, 11) is 0.